The van der Waals surface area contributed by atoms with Crippen LogP contribution in [0.5, 0.6) is 0 Å². The first-order valence-electron chi connectivity index (χ1n) is 7.31. The summed E-state index contributed by atoms with van der Waals surface area (Å²) in [7, 11) is -2.23. The van der Waals surface area contributed by atoms with Gasteiger partial charge < -0.3 is 4.74 Å². The van der Waals surface area contributed by atoms with Crippen LogP contribution in [0.2, 0.25) is 0 Å². The second-order valence-corrected chi connectivity index (χ2v) is 7.48. The summed E-state index contributed by atoms with van der Waals surface area (Å²) >= 11 is 0. The van der Waals surface area contributed by atoms with Crippen LogP contribution in [0.1, 0.15) is 17.4 Å². The van der Waals surface area contributed by atoms with Crippen molar-refractivity contribution in [2.45, 2.75) is 17.2 Å². The average molecular weight is 376 g/mol. The minimum absolute atomic E-state index is 0.0506. The molecule has 2 aromatic rings. The Kier molecular flexibility index (Phi) is 4.56. The zero-order chi connectivity index (χ0) is 18.2. The van der Waals surface area contributed by atoms with Crippen LogP contribution in [0, 0.1) is 0 Å². The second kappa shape index (κ2) is 6.39. The Morgan fingerprint density at radius 3 is 2.60 bits per heavy atom. The average Bonchev–Trinajstić information content (AvgIpc) is 3.01. The number of sulfonamides is 1. The number of pyridine rings is 1. The summed E-state index contributed by atoms with van der Waals surface area (Å²) < 4.78 is 71.3. The van der Waals surface area contributed by atoms with E-state index >= 15 is 0 Å². The number of aryl methyl sites for hydroxylation is 1. The number of rotatable bonds is 3. The van der Waals surface area contributed by atoms with E-state index in [1.54, 1.807) is 24.1 Å². The molecule has 11 heteroatoms. The van der Waals surface area contributed by atoms with Crippen LogP contribution in [0.15, 0.2) is 35.6 Å². The van der Waals surface area contributed by atoms with Gasteiger partial charge in [-0.1, -0.05) is 0 Å². The Morgan fingerprint density at radius 1 is 1.28 bits per heavy atom. The number of hydrogen-bond donors (Lipinski definition) is 0. The molecule has 0 unspecified atom stereocenters. The Hall–Kier alpha value is -1.98. The van der Waals surface area contributed by atoms with Crippen LogP contribution in [-0.4, -0.2) is 47.2 Å². The van der Waals surface area contributed by atoms with Gasteiger partial charge in [-0.3, -0.25) is 9.67 Å². The maximum atomic E-state index is 12.7. The fourth-order valence-electron chi connectivity index (χ4n) is 2.50. The van der Waals surface area contributed by atoms with Gasteiger partial charge in [0.1, 0.15) is 10.6 Å². The molecule has 0 amide bonds. The lowest BCUT2D eigenvalue weighted by Crippen LogP contribution is -2.42. The van der Waals surface area contributed by atoms with E-state index in [-0.39, 0.29) is 24.6 Å². The number of morpholine rings is 1. The fourth-order valence-corrected chi connectivity index (χ4v) is 3.87. The largest absolute Gasteiger partial charge is 0.433 e. The SMILES string of the molecule is Cn1cc([C@@H]2CN(S(=O)(=O)c3ccc(C(F)(F)F)nc3)CCO2)cn1. The minimum atomic E-state index is -4.62. The van der Waals surface area contributed by atoms with Crippen LogP contribution in [0.25, 0.3) is 0 Å². The monoisotopic (exact) mass is 376 g/mol. The topological polar surface area (TPSA) is 77.3 Å². The summed E-state index contributed by atoms with van der Waals surface area (Å²) in [5.74, 6) is 0. The van der Waals surface area contributed by atoms with Crippen LogP contribution in [-0.2, 0) is 28.0 Å². The predicted molar refractivity (Wildman–Crippen MR) is 79.9 cm³/mol. The van der Waals surface area contributed by atoms with Crippen molar-refractivity contribution in [1.82, 2.24) is 19.1 Å². The highest BCUT2D eigenvalue weighted by molar-refractivity contribution is 7.89. The Balaban J connectivity index is 1.81. The lowest BCUT2D eigenvalue weighted by Gasteiger charge is -2.31. The van der Waals surface area contributed by atoms with Crippen molar-refractivity contribution in [2.24, 2.45) is 7.05 Å². The molecule has 1 atom stereocenters. The quantitative estimate of drug-likeness (QED) is 0.813. The number of aromatic nitrogens is 3. The second-order valence-electron chi connectivity index (χ2n) is 5.55. The summed E-state index contributed by atoms with van der Waals surface area (Å²) in [6.07, 6.45) is -1.07. The van der Waals surface area contributed by atoms with Gasteiger partial charge in [-0.15, -0.1) is 0 Å². The molecule has 1 aliphatic heterocycles. The highest BCUT2D eigenvalue weighted by Crippen LogP contribution is 2.29. The fraction of sp³-hybridized carbons (Fsp3) is 0.429. The standard InChI is InChI=1S/C14H15F3N4O3S/c1-20-8-10(6-19-20)12-9-21(4-5-24-12)25(22,23)11-2-3-13(18-7-11)14(15,16)17/h2-3,6-8,12H,4-5,9H2,1H3/t12-/m0/s1. The van der Waals surface area contributed by atoms with E-state index in [1.165, 1.54) is 4.31 Å². The van der Waals surface area contributed by atoms with Crippen molar-refractivity contribution in [2.75, 3.05) is 19.7 Å². The first-order chi connectivity index (χ1) is 11.7. The summed E-state index contributed by atoms with van der Waals surface area (Å²) in [4.78, 5) is 2.93. The molecule has 0 bridgehead atoms. The third kappa shape index (κ3) is 3.67. The molecule has 136 valence electrons. The zero-order valence-corrected chi connectivity index (χ0v) is 14.0. The number of ether oxygens (including phenoxy) is 1. The van der Waals surface area contributed by atoms with E-state index in [4.69, 9.17) is 4.74 Å². The van der Waals surface area contributed by atoms with E-state index in [9.17, 15) is 21.6 Å². The van der Waals surface area contributed by atoms with Crippen molar-refractivity contribution < 1.29 is 26.3 Å². The maximum absolute atomic E-state index is 12.7. The van der Waals surface area contributed by atoms with Crippen molar-refractivity contribution in [3.05, 3.63) is 42.0 Å². The van der Waals surface area contributed by atoms with Crippen LogP contribution < -0.4 is 0 Å². The number of hydrogen-bond acceptors (Lipinski definition) is 5. The van der Waals surface area contributed by atoms with Gasteiger partial charge in [0.2, 0.25) is 10.0 Å². The van der Waals surface area contributed by atoms with Gasteiger partial charge in [-0.05, 0) is 12.1 Å². The minimum Gasteiger partial charge on any atom is -0.371 e. The molecule has 0 spiro atoms. The molecule has 0 aliphatic carbocycles. The molecule has 7 nitrogen and oxygen atoms in total. The maximum Gasteiger partial charge on any atom is 0.433 e. The van der Waals surface area contributed by atoms with Gasteiger partial charge >= 0.3 is 6.18 Å². The van der Waals surface area contributed by atoms with Crippen molar-refractivity contribution in [1.29, 1.82) is 0 Å². The van der Waals surface area contributed by atoms with Gasteiger partial charge in [-0.25, -0.2) is 8.42 Å². The van der Waals surface area contributed by atoms with Gasteiger partial charge in [-0.2, -0.15) is 22.6 Å². The lowest BCUT2D eigenvalue weighted by molar-refractivity contribution is -0.141. The number of alkyl halides is 3. The van der Waals surface area contributed by atoms with Gasteiger partial charge in [0.25, 0.3) is 0 Å². The first kappa shape index (κ1) is 17.8. The van der Waals surface area contributed by atoms with Crippen molar-refractivity contribution >= 4 is 10.0 Å². The molecule has 1 saturated heterocycles. The van der Waals surface area contributed by atoms with E-state index in [2.05, 4.69) is 10.1 Å². The molecule has 2 aromatic heterocycles. The molecule has 1 fully saturated rings. The van der Waals surface area contributed by atoms with Gasteiger partial charge in [0.05, 0.1) is 18.9 Å². The number of halogens is 3. The molecule has 0 aromatic carbocycles. The zero-order valence-electron chi connectivity index (χ0n) is 13.1. The van der Waals surface area contributed by atoms with E-state index in [0.29, 0.717) is 6.07 Å². The number of nitrogens with zero attached hydrogens (tertiary/aromatic N) is 4. The van der Waals surface area contributed by atoms with Gasteiger partial charge in [0.15, 0.2) is 0 Å². The first-order valence-corrected chi connectivity index (χ1v) is 8.75. The molecule has 3 heterocycles. The molecule has 0 radical (unpaired) electrons. The Labute approximate surface area is 142 Å². The Bertz CT molecular complexity index is 849. The molecular formula is C14H15F3N4O3S. The van der Waals surface area contributed by atoms with E-state index in [1.807, 2.05) is 0 Å². The molecular weight excluding hydrogens is 361 g/mol. The summed E-state index contributed by atoms with van der Waals surface area (Å²) in [5.41, 5.74) is -0.408. The third-order valence-electron chi connectivity index (χ3n) is 3.79. The van der Waals surface area contributed by atoms with Crippen LogP contribution in [0.3, 0.4) is 0 Å². The normalized spacial score (nSPS) is 19.9. The van der Waals surface area contributed by atoms with Crippen LogP contribution >= 0.6 is 0 Å². The lowest BCUT2D eigenvalue weighted by atomic mass is 10.2. The smallest absolute Gasteiger partial charge is 0.371 e. The molecule has 0 N–H and O–H groups in total. The highest BCUT2D eigenvalue weighted by atomic mass is 32.2. The van der Waals surface area contributed by atoms with Crippen molar-refractivity contribution in [3.8, 4) is 0 Å². The Morgan fingerprint density at radius 2 is 2.04 bits per heavy atom. The van der Waals surface area contributed by atoms with Gasteiger partial charge in [0, 0.05) is 38.1 Å². The van der Waals surface area contributed by atoms with Crippen LogP contribution in [0.4, 0.5) is 13.2 Å². The summed E-state index contributed by atoms with van der Waals surface area (Å²) in [5, 5.41) is 4.02. The predicted octanol–water partition coefficient (Wildman–Crippen LogP) is 1.60. The summed E-state index contributed by atoms with van der Waals surface area (Å²) in [6, 6.07) is 1.58. The molecule has 3 rings (SSSR count). The summed E-state index contributed by atoms with van der Waals surface area (Å²) in [6.45, 7) is 0.335. The molecule has 0 saturated carbocycles. The molecule has 25 heavy (non-hydrogen) atoms. The van der Waals surface area contributed by atoms with Crippen molar-refractivity contribution in [3.63, 3.8) is 0 Å². The van der Waals surface area contributed by atoms with E-state index in [0.717, 1.165) is 17.8 Å². The molecule has 1 aliphatic rings. The third-order valence-corrected chi connectivity index (χ3v) is 5.64. The van der Waals surface area contributed by atoms with E-state index < -0.39 is 28.0 Å². The highest BCUT2D eigenvalue weighted by Gasteiger charge is 2.35.